The maximum Gasteiger partial charge on any atom is 0.241 e. The number of sulfonamides is 1. The van der Waals surface area contributed by atoms with Crippen LogP contribution in [0.4, 0.5) is 0 Å². The summed E-state index contributed by atoms with van der Waals surface area (Å²) in [6.45, 7) is 3.91. The van der Waals surface area contributed by atoms with Crippen molar-refractivity contribution >= 4 is 10.0 Å². The number of rotatable bonds is 4. The average molecular weight is 347 g/mol. The van der Waals surface area contributed by atoms with Gasteiger partial charge in [-0.05, 0) is 44.2 Å². The van der Waals surface area contributed by atoms with Gasteiger partial charge in [0.1, 0.15) is 17.1 Å². The highest BCUT2D eigenvalue weighted by Gasteiger charge is 2.35. The van der Waals surface area contributed by atoms with Crippen molar-refractivity contribution in [1.29, 1.82) is 0 Å². The van der Waals surface area contributed by atoms with E-state index >= 15 is 0 Å². The predicted octanol–water partition coefficient (Wildman–Crippen LogP) is 3.28. The summed E-state index contributed by atoms with van der Waals surface area (Å²) in [6.07, 6.45) is 0.555. The Morgan fingerprint density at radius 3 is 2.46 bits per heavy atom. The third-order valence-corrected chi connectivity index (χ3v) is 5.53. The van der Waals surface area contributed by atoms with E-state index in [4.69, 9.17) is 9.47 Å². The average Bonchev–Trinajstić information content (AvgIpc) is 2.53. The van der Waals surface area contributed by atoms with Gasteiger partial charge < -0.3 is 9.47 Å². The fourth-order valence-corrected chi connectivity index (χ4v) is 4.13. The summed E-state index contributed by atoms with van der Waals surface area (Å²) in [5.41, 5.74) is 0.412. The molecule has 128 valence electrons. The van der Waals surface area contributed by atoms with Crippen LogP contribution in [0.25, 0.3) is 0 Å². The van der Waals surface area contributed by atoms with E-state index in [0.717, 1.165) is 11.3 Å². The third-order valence-electron chi connectivity index (χ3n) is 4.04. The molecule has 0 aromatic heterocycles. The van der Waals surface area contributed by atoms with Crippen molar-refractivity contribution in [3.63, 3.8) is 0 Å². The molecule has 3 rings (SSSR count). The smallest absolute Gasteiger partial charge is 0.241 e. The van der Waals surface area contributed by atoms with Gasteiger partial charge in [-0.1, -0.05) is 18.2 Å². The first-order valence-electron chi connectivity index (χ1n) is 7.75. The van der Waals surface area contributed by atoms with Gasteiger partial charge in [-0.25, -0.2) is 13.1 Å². The SMILES string of the molecule is COc1ccc(S(=O)(=O)N[C@H]2CC(C)(C)Oc3ccccc32)cc1. The van der Waals surface area contributed by atoms with E-state index in [1.165, 1.54) is 12.1 Å². The molecule has 0 saturated carbocycles. The molecule has 0 amide bonds. The van der Waals surface area contributed by atoms with Crippen molar-refractivity contribution in [1.82, 2.24) is 4.72 Å². The van der Waals surface area contributed by atoms with Crippen LogP contribution in [0, 0.1) is 0 Å². The van der Waals surface area contributed by atoms with Crippen molar-refractivity contribution in [2.75, 3.05) is 7.11 Å². The molecule has 0 fully saturated rings. The molecule has 0 radical (unpaired) electrons. The largest absolute Gasteiger partial charge is 0.497 e. The first-order chi connectivity index (χ1) is 11.3. The topological polar surface area (TPSA) is 64.6 Å². The Morgan fingerprint density at radius 2 is 1.79 bits per heavy atom. The molecule has 1 heterocycles. The van der Waals surface area contributed by atoms with Crippen LogP contribution >= 0.6 is 0 Å². The molecule has 24 heavy (non-hydrogen) atoms. The molecule has 1 atom stereocenters. The predicted molar refractivity (Wildman–Crippen MR) is 91.8 cm³/mol. The molecular formula is C18H21NO4S. The molecule has 6 heteroatoms. The van der Waals surface area contributed by atoms with Crippen LogP contribution in [-0.2, 0) is 10.0 Å². The van der Waals surface area contributed by atoms with Crippen LogP contribution in [0.3, 0.4) is 0 Å². The van der Waals surface area contributed by atoms with E-state index in [0.29, 0.717) is 12.2 Å². The minimum Gasteiger partial charge on any atom is -0.497 e. The van der Waals surface area contributed by atoms with Crippen LogP contribution in [0.15, 0.2) is 53.4 Å². The van der Waals surface area contributed by atoms with Gasteiger partial charge >= 0.3 is 0 Å². The fourth-order valence-electron chi connectivity index (χ4n) is 2.92. The molecule has 1 aliphatic rings. The van der Waals surface area contributed by atoms with Gasteiger partial charge in [0.25, 0.3) is 0 Å². The molecule has 1 N–H and O–H groups in total. The van der Waals surface area contributed by atoms with Crippen LogP contribution in [0.5, 0.6) is 11.5 Å². The first-order valence-corrected chi connectivity index (χ1v) is 9.23. The van der Waals surface area contributed by atoms with Crippen molar-refractivity contribution in [2.24, 2.45) is 0 Å². The van der Waals surface area contributed by atoms with Gasteiger partial charge in [-0.2, -0.15) is 0 Å². The molecule has 0 aliphatic carbocycles. The Balaban J connectivity index is 1.91. The van der Waals surface area contributed by atoms with Gasteiger partial charge in [0.05, 0.1) is 18.0 Å². The maximum atomic E-state index is 12.7. The number of ether oxygens (including phenoxy) is 2. The Labute approximate surface area is 142 Å². The van der Waals surface area contributed by atoms with Crippen molar-refractivity contribution in [3.8, 4) is 11.5 Å². The molecule has 0 spiro atoms. The molecule has 2 aromatic rings. The Morgan fingerprint density at radius 1 is 1.12 bits per heavy atom. The van der Waals surface area contributed by atoms with Crippen LogP contribution in [-0.4, -0.2) is 21.1 Å². The molecular weight excluding hydrogens is 326 g/mol. The zero-order valence-corrected chi connectivity index (χ0v) is 14.8. The molecule has 5 nitrogen and oxygen atoms in total. The standard InChI is InChI=1S/C18H21NO4S/c1-18(2)12-16(15-6-4-5-7-17(15)23-18)19-24(20,21)14-10-8-13(22-3)9-11-14/h4-11,16,19H,12H2,1-3H3/t16-/m0/s1. The molecule has 0 saturated heterocycles. The first kappa shape index (κ1) is 16.8. The number of hydrogen-bond acceptors (Lipinski definition) is 4. The van der Waals surface area contributed by atoms with Crippen LogP contribution in [0.2, 0.25) is 0 Å². The molecule has 0 unspecified atom stereocenters. The third kappa shape index (κ3) is 3.39. The number of fused-ring (bicyclic) bond motifs is 1. The fraction of sp³-hybridized carbons (Fsp3) is 0.333. The van der Waals surface area contributed by atoms with E-state index < -0.39 is 15.6 Å². The second kappa shape index (κ2) is 6.11. The summed E-state index contributed by atoms with van der Waals surface area (Å²) < 4.78 is 39.3. The zero-order valence-electron chi connectivity index (χ0n) is 13.9. The second-order valence-electron chi connectivity index (χ2n) is 6.45. The number of benzene rings is 2. The Bertz CT molecular complexity index is 828. The van der Waals surface area contributed by atoms with E-state index in [1.807, 2.05) is 38.1 Å². The van der Waals surface area contributed by atoms with E-state index in [2.05, 4.69) is 4.72 Å². The monoisotopic (exact) mass is 347 g/mol. The molecule has 2 aromatic carbocycles. The van der Waals surface area contributed by atoms with Crippen molar-refractivity contribution in [2.45, 2.75) is 36.8 Å². The Hall–Kier alpha value is -2.05. The highest BCUT2D eigenvalue weighted by Crippen LogP contribution is 2.39. The number of hydrogen-bond donors (Lipinski definition) is 1. The summed E-state index contributed by atoms with van der Waals surface area (Å²) in [6, 6.07) is 13.5. The molecule has 1 aliphatic heterocycles. The van der Waals surface area contributed by atoms with Gasteiger partial charge in [0, 0.05) is 12.0 Å². The summed E-state index contributed by atoms with van der Waals surface area (Å²) in [5, 5.41) is 0. The second-order valence-corrected chi connectivity index (χ2v) is 8.17. The minimum atomic E-state index is -3.64. The Kier molecular flexibility index (Phi) is 4.27. The van der Waals surface area contributed by atoms with Gasteiger partial charge in [0.15, 0.2) is 0 Å². The lowest BCUT2D eigenvalue weighted by Crippen LogP contribution is -2.41. The normalized spacial score (nSPS) is 19.2. The number of para-hydroxylation sites is 1. The lowest BCUT2D eigenvalue weighted by Gasteiger charge is -2.37. The van der Waals surface area contributed by atoms with Crippen LogP contribution in [0.1, 0.15) is 31.9 Å². The van der Waals surface area contributed by atoms with E-state index in [9.17, 15) is 8.42 Å². The van der Waals surface area contributed by atoms with Gasteiger partial charge in [-0.15, -0.1) is 0 Å². The number of methoxy groups -OCH3 is 1. The van der Waals surface area contributed by atoms with Crippen LogP contribution < -0.4 is 14.2 Å². The highest BCUT2D eigenvalue weighted by molar-refractivity contribution is 7.89. The van der Waals surface area contributed by atoms with E-state index in [1.54, 1.807) is 19.2 Å². The lowest BCUT2D eigenvalue weighted by molar-refractivity contribution is 0.0702. The minimum absolute atomic E-state index is 0.213. The maximum absolute atomic E-state index is 12.7. The number of nitrogens with one attached hydrogen (secondary N) is 1. The van der Waals surface area contributed by atoms with Gasteiger partial charge in [-0.3, -0.25) is 0 Å². The zero-order chi connectivity index (χ0) is 17.4. The van der Waals surface area contributed by atoms with Crippen molar-refractivity contribution in [3.05, 3.63) is 54.1 Å². The lowest BCUT2D eigenvalue weighted by atomic mass is 9.90. The van der Waals surface area contributed by atoms with Crippen molar-refractivity contribution < 1.29 is 17.9 Å². The van der Waals surface area contributed by atoms with E-state index in [-0.39, 0.29) is 10.9 Å². The summed E-state index contributed by atoms with van der Waals surface area (Å²) in [7, 11) is -2.09. The summed E-state index contributed by atoms with van der Waals surface area (Å²) in [4.78, 5) is 0.213. The summed E-state index contributed by atoms with van der Waals surface area (Å²) >= 11 is 0. The highest BCUT2D eigenvalue weighted by atomic mass is 32.2. The summed E-state index contributed by atoms with van der Waals surface area (Å²) in [5.74, 6) is 1.34. The quantitative estimate of drug-likeness (QED) is 0.922. The molecule has 0 bridgehead atoms. The van der Waals surface area contributed by atoms with Gasteiger partial charge in [0.2, 0.25) is 10.0 Å².